The number of carboxylic acids is 3. The summed E-state index contributed by atoms with van der Waals surface area (Å²) in [5, 5.41) is 30.1. The van der Waals surface area contributed by atoms with Gasteiger partial charge in [-0.05, 0) is 6.42 Å². The Balaban J connectivity index is -0.000000667. The van der Waals surface area contributed by atoms with Crippen LogP contribution in [-0.2, 0) is 24.0 Å². The number of aliphatic carboxylic acids is 3. The Bertz CT molecular complexity index is 447. The van der Waals surface area contributed by atoms with Gasteiger partial charge in [0.15, 0.2) is 0 Å². The minimum Gasteiger partial charge on any atom is -1.00 e. The van der Waals surface area contributed by atoms with Gasteiger partial charge in [0.1, 0.15) is 12.1 Å². The summed E-state index contributed by atoms with van der Waals surface area (Å²) in [5.74, 6) is -5.72. The Hall–Kier alpha value is -1.88. The van der Waals surface area contributed by atoms with Crippen molar-refractivity contribution in [1.29, 1.82) is 0 Å². The quantitative estimate of drug-likeness (QED) is 0.310. The molecular weight excluding hydrogens is 312 g/mol. The molecule has 10 nitrogen and oxygen atoms in total. The number of carbonyl (C=O) groups excluding carboxylic acids is 2. The minimum absolute atomic E-state index is 0. The van der Waals surface area contributed by atoms with Crippen LogP contribution in [0.5, 0.6) is 0 Å². The summed E-state index contributed by atoms with van der Waals surface area (Å²) in [7, 11) is 0. The first-order valence-corrected chi connectivity index (χ1v) is 5.87. The molecule has 0 aromatic rings. The number of nitrogens with one attached hydrogen (secondary N) is 2. The maximum atomic E-state index is 11.8. The van der Waals surface area contributed by atoms with Crippen molar-refractivity contribution >= 4 is 52.8 Å². The van der Waals surface area contributed by atoms with Gasteiger partial charge in [0.05, 0.1) is 6.42 Å². The summed E-state index contributed by atoms with van der Waals surface area (Å²) in [6.07, 6.45) is -1.58. The molecule has 0 aliphatic carbocycles. The molecule has 0 radical (unpaired) electrons. The fourth-order valence-corrected chi connectivity index (χ4v) is 1.43. The molecule has 0 heterocycles. The molecule has 22 heavy (non-hydrogen) atoms. The van der Waals surface area contributed by atoms with Gasteiger partial charge >= 0.3 is 41.0 Å². The normalized spacial score (nSPS) is 12.2. The molecular formula is C11H18MgN2O8. The molecule has 5 N–H and O–H groups in total. The van der Waals surface area contributed by atoms with E-state index in [1.807, 2.05) is 5.32 Å². The van der Waals surface area contributed by atoms with Gasteiger partial charge in [-0.1, -0.05) is 0 Å². The van der Waals surface area contributed by atoms with E-state index >= 15 is 0 Å². The Morgan fingerprint density at radius 1 is 0.955 bits per heavy atom. The van der Waals surface area contributed by atoms with Crippen LogP contribution in [0.3, 0.4) is 0 Å². The molecule has 0 aromatic heterocycles. The molecule has 2 atom stereocenters. The zero-order chi connectivity index (χ0) is 16.6. The minimum atomic E-state index is -1.49. The molecule has 0 saturated carbocycles. The molecule has 0 fully saturated rings. The molecule has 0 saturated heterocycles. The topological polar surface area (TPSA) is 170 Å². The molecule has 0 aliphatic rings. The summed E-state index contributed by atoms with van der Waals surface area (Å²) < 4.78 is 0. The number of carboxylic acid groups (broad SMARTS) is 3. The van der Waals surface area contributed by atoms with Crippen molar-refractivity contribution in [2.24, 2.45) is 0 Å². The largest absolute Gasteiger partial charge is 2.00 e. The second-order valence-electron chi connectivity index (χ2n) is 4.18. The van der Waals surface area contributed by atoms with Crippen molar-refractivity contribution in [2.45, 2.75) is 38.3 Å². The number of hydrogen-bond acceptors (Lipinski definition) is 5. The van der Waals surface area contributed by atoms with E-state index in [0.29, 0.717) is 0 Å². The predicted octanol–water partition coefficient (Wildman–Crippen LogP) is -1.76. The van der Waals surface area contributed by atoms with Gasteiger partial charge in [0.2, 0.25) is 11.8 Å². The summed E-state index contributed by atoms with van der Waals surface area (Å²) in [5.41, 5.74) is 0. The standard InChI is InChI=1S/C11H16N2O8.Mg.2H/c1-5(14)12-7(4-9(17)18)10(19)13-6(11(20)21)2-3-8(15)16;;;/h6-7H,2-4H2,1H3,(H,12,14)(H,13,19)(H,15,16)(H,17,18)(H,20,21);;;/q;+2;2*-1. The molecule has 0 bridgehead atoms. The zero-order valence-corrected chi connectivity index (χ0v) is 13.3. The van der Waals surface area contributed by atoms with E-state index in [9.17, 15) is 24.0 Å². The first-order valence-electron chi connectivity index (χ1n) is 5.87. The number of hydrogen-bond donors (Lipinski definition) is 5. The fraction of sp³-hybridized carbons (Fsp3) is 0.545. The second-order valence-corrected chi connectivity index (χ2v) is 4.18. The van der Waals surface area contributed by atoms with Crippen LogP contribution in [0, 0.1) is 0 Å². The molecule has 0 rings (SSSR count). The van der Waals surface area contributed by atoms with Gasteiger partial charge in [0.25, 0.3) is 0 Å². The van der Waals surface area contributed by atoms with Crippen LogP contribution in [0.4, 0.5) is 0 Å². The van der Waals surface area contributed by atoms with Crippen LogP contribution in [0.15, 0.2) is 0 Å². The van der Waals surface area contributed by atoms with Crippen LogP contribution in [0.1, 0.15) is 29.0 Å². The first kappa shape index (κ1) is 22.4. The second kappa shape index (κ2) is 10.8. The van der Waals surface area contributed by atoms with Crippen LogP contribution < -0.4 is 10.6 Å². The molecule has 0 spiro atoms. The van der Waals surface area contributed by atoms with E-state index in [0.717, 1.165) is 6.92 Å². The van der Waals surface area contributed by atoms with E-state index in [-0.39, 0.29) is 32.3 Å². The monoisotopic (exact) mass is 330 g/mol. The molecule has 2 unspecified atom stereocenters. The number of rotatable bonds is 9. The third-order valence-electron chi connectivity index (χ3n) is 2.33. The summed E-state index contributed by atoms with van der Waals surface area (Å²) >= 11 is 0. The number of carbonyl (C=O) groups is 5. The van der Waals surface area contributed by atoms with E-state index < -0.39 is 54.6 Å². The predicted molar refractivity (Wildman–Crippen MR) is 74.3 cm³/mol. The fourth-order valence-electron chi connectivity index (χ4n) is 1.43. The molecule has 2 amide bonds. The number of amides is 2. The summed E-state index contributed by atoms with van der Waals surface area (Å²) in [4.78, 5) is 54.6. The van der Waals surface area contributed by atoms with Crippen LogP contribution in [0.25, 0.3) is 0 Å². The Morgan fingerprint density at radius 3 is 1.86 bits per heavy atom. The van der Waals surface area contributed by atoms with Crippen LogP contribution in [0.2, 0.25) is 0 Å². The maximum Gasteiger partial charge on any atom is 2.00 e. The van der Waals surface area contributed by atoms with Crippen molar-refractivity contribution in [3.63, 3.8) is 0 Å². The van der Waals surface area contributed by atoms with Gasteiger partial charge in [-0.3, -0.25) is 19.2 Å². The van der Waals surface area contributed by atoms with Gasteiger partial charge in [-0.25, -0.2) is 4.79 Å². The van der Waals surface area contributed by atoms with E-state index in [1.165, 1.54) is 0 Å². The molecule has 0 aliphatic heterocycles. The van der Waals surface area contributed by atoms with Crippen molar-refractivity contribution in [3.8, 4) is 0 Å². The van der Waals surface area contributed by atoms with Gasteiger partial charge in [-0.15, -0.1) is 0 Å². The van der Waals surface area contributed by atoms with E-state index in [4.69, 9.17) is 15.3 Å². The smallest absolute Gasteiger partial charge is 1.00 e. The van der Waals surface area contributed by atoms with Crippen molar-refractivity contribution in [3.05, 3.63) is 0 Å². The van der Waals surface area contributed by atoms with Gasteiger partial charge in [0, 0.05) is 13.3 Å². The average Bonchev–Trinajstić information content (AvgIpc) is 2.31. The van der Waals surface area contributed by atoms with Crippen molar-refractivity contribution in [1.82, 2.24) is 10.6 Å². The third-order valence-corrected chi connectivity index (χ3v) is 2.33. The van der Waals surface area contributed by atoms with Crippen molar-refractivity contribution in [2.75, 3.05) is 0 Å². The van der Waals surface area contributed by atoms with Gasteiger partial charge < -0.3 is 28.8 Å². The van der Waals surface area contributed by atoms with Crippen LogP contribution in [-0.4, -0.2) is 80.2 Å². The van der Waals surface area contributed by atoms with Crippen LogP contribution >= 0.6 is 0 Å². The van der Waals surface area contributed by atoms with Gasteiger partial charge in [-0.2, -0.15) is 0 Å². The Kier molecular flexibility index (Phi) is 11.0. The van der Waals surface area contributed by atoms with E-state index in [1.54, 1.807) is 0 Å². The summed E-state index contributed by atoms with van der Waals surface area (Å²) in [6, 6.07) is -2.93. The van der Waals surface area contributed by atoms with Crippen molar-refractivity contribution < 1.29 is 42.1 Å². The molecule has 0 aromatic carbocycles. The van der Waals surface area contributed by atoms with E-state index in [2.05, 4.69) is 5.32 Å². The Labute approximate surface area is 144 Å². The first-order chi connectivity index (χ1) is 9.63. The summed E-state index contributed by atoms with van der Waals surface area (Å²) in [6.45, 7) is 1.07. The third kappa shape index (κ3) is 9.93. The average molecular weight is 331 g/mol. The SMILES string of the molecule is CC(=O)NC(CC(=O)O)C(=O)NC(CCC(=O)O)C(=O)O.[H-].[H-].[Mg+2]. The zero-order valence-electron chi connectivity index (χ0n) is 13.9. The molecule has 11 heteroatoms. The Morgan fingerprint density at radius 2 is 1.50 bits per heavy atom. The molecule has 122 valence electrons. The maximum absolute atomic E-state index is 11.8.